The molecule has 0 spiro atoms. The molecule has 0 N–H and O–H groups in total. The van der Waals surface area contributed by atoms with E-state index in [0.717, 1.165) is 9.50 Å². The highest BCUT2D eigenvalue weighted by Crippen LogP contribution is 2.24. The molecule has 0 unspecified atom stereocenters. The SMILES string of the molecule is O=C(CSc1ccc(Br)cn1)c1ccc(Cl)c(Cl)c1. The first-order valence-electron chi connectivity index (χ1n) is 5.29. The van der Waals surface area contributed by atoms with Crippen LogP contribution in [0.1, 0.15) is 10.4 Å². The number of pyridine rings is 1. The Morgan fingerprint density at radius 1 is 1.21 bits per heavy atom. The summed E-state index contributed by atoms with van der Waals surface area (Å²) < 4.78 is 0.910. The number of ketones is 1. The third-order valence-electron chi connectivity index (χ3n) is 2.29. The molecule has 19 heavy (non-hydrogen) atoms. The summed E-state index contributed by atoms with van der Waals surface area (Å²) in [7, 11) is 0. The number of carbonyl (C=O) groups excluding carboxylic acids is 1. The number of benzene rings is 1. The first-order valence-corrected chi connectivity index (χ1v) is 7.82. The zero-order valence-electron chi connectivity index (χ0n) is 9.57. The molecule has 1 heterocycles. The molecule has 2 aromatic rings. The Bertz CT molecular complexity index is 604. The van der Waals surface area contributed by atoms with Crippen LogP contribution < -0.4 is 0 Å². The van der Waals surface area contributed by atoms with Gasteiger partial charge in [0.2, 0.25) is 0 Å². The van der Waals surface area contributed by atoms with Crippen molar-refractivity contribution in [2.24, 2.45) is 0 Å². The van der Waals surface area contributed by atoms with Gasteiger partial charge >= 0.3 is 0 Å². The average molecular weight is 377 g/mol. The Morgan fingerprint density at radius 3 is 2.63 bits per heavy atom. The van der Waals surface area contributed by atoms with E-state index in [4.69, 9.17) is 23.2 Å². The lowest BCUT2D eigenvalue weighted by Crippen LogP contribution is -2.02. The minimum atomic E-state index is -0.00622. The summed E-state index contributed by atoms with van der Waals surface area (Å²) in [5.74, 6) is 0.306. The number of Topliss-reactive ketones (excluding diaryl/α,β-unsaturated/α-hetero) is 1. The van der Waals surface area contributed by atoms with Gasteiger partial charge in [-0.3, -0.25) is 4.79 Å². The zero-order valence-corrected chi connectivity index (χ0v) is 13.5. The molecule has 1 aromatic heterocycles. The molecular weight excluding hydrogens is 369 g/mol. The van der Waals surface area contributed by atoms with Crippen molar-refractivity contribution in [2.75, 3.05) is 5.75 Å². The molecule has 0 aliphatic carbocycles. The first kappa shape index (κ1) is 14.9. The summed E-state index contributed by atoms with van der Waals surface area (Å²) in [6.07, 6.45) is 1.70. The van der Waals surface area contributed by atoms with Crippen molar-refractivity contribution >= 4 is 56.7 Å². The van der Waals surface area contributed by atoms with Crippen molar-refractivity contribution in [3.8, 4) is 0 Å². The molecule has 1 aromatic carbocycles. The summed E-state index contributed by atoms with van der Waals surface area (Å²) in [6.45, 7) is 0. The lowest BCUT2D eigenvalue weighted by atomic mass is 10.1. The second-order valence-corrected chi connectivity index (χ2v) is 6.38. The maximum absolute atomic E-state index is 12.0. The zero-order chi connectivity index (χ0) is 13.8. The van der Waals surface area contributed by atoms with Crippen LogP contribution in [-0.4, -0.2) is 16.5 Å². The van der Waals surface area contributed by atoms with Crippen LogP contribution in [-0.2, 0) is 0 Å². The molecule has 0 bridgehead atoms. The van der Waals surface area contributed by atoms with Gasteiger partial charge in [0.15, 0.2) is 5.78 Å². The molecule has 98 valence electrons. The normalized spacial score (nSPS) is 10.5. The fraction of sp³-hybridized carbons (Fsp3) is 0.0769. The van der Waals surface area contributed by atoms with E-state index < -0.39 is 0 Å². The highest BCUT2D eigenvalue weighted by atomic mass is 79.9. The highest BCUT2D eigenvalue weighted by molar-refractivity contribution is 9.10. The van der Waals surface area contributed by atoms with Crippen LogP contribution in [0.4, 0.5) is 0 Å². The molecule has 2 nitrogen and oxygen atoms in total. The Hall–Kier alpha value is -0.550. The van der Waals surface area contributed by atoms with Gasteiger partial charge in [-0.2, -0.15) is 0 Å². The molecule has 2 rings (SSSR count). The Labute approximate surface area is 133 Å². The molecule has 0 atom stereocenters. The van der Waals surface area contributed by atoms with E-state index in [0.29, 0.717) is 21.4 Å². The Balaban J connectivity index is 2.01. The van der Waals surface area contributed by atoms with E-state index in [1.54, 1.807) is 24.4 Å². The topological polar surface area (TPSA) is 30.0 Å². The van der Waals surface area contributed by atoms with E-state index in [-0.39, 0.29) is 5.78 Å². The fourth-order valence-electron chi connectivity index (χ4n) is 1.34. The molecular formula is C13H8BrCl2NOS. The number of thioether (sulfide) groups is 1. The van der Waals surface area contributed by atoms with Crippen LogP contribution >= 0.6 is 50.9 Å². The van der Waals surface area contributed by atoms with Crippen LogP contribution in [0.2, 0.25) is 10.0 Å². The predicted molar refractivity (Wildman–Crippen MR) is 83.5 cm³/mol. The number of aromatic nitrogens is 1. The number of hydrogen-bond donors (Lipinski definition) is 0. The average Bonchev–Trinajstić information content (AvgIpc) is 2.41. The summed E-state index contributed by atoms with van der Waals surface area (Å²) in [5, 5.41) is 1.64. The van der Waals surface area contributed by atoms with Crippen molar-refractivity contribution < 1.29 is 4.79 Å². The maximum Gasteiger partial charge on any atom is 0.173 e. The number of nitrogens with zero attached hydrogens (tertiary/aromatic N) is 1. The van der Waals surface area contributed by atoms with E-state index in [9.17, 15) is 4.79 Å². The predicted octanol–water partition coefficient (Wildman–Crippen LogP) is 5.13. The van der Waals surface area contributed by atoms with E-state index in [1.807, 2.05) is 12.1 Å². The van der Waals surface area contributed by atoms with Crippen LogP contribution in [0.3, 0.4) is 0 Å². The standard InChI is InChI=1S/C13H8BrCl2NOS/c14-9-2-4-13(17-6-9)19-7-12(18)8-1-3-10(15)11(16)5-8/h1-6H,7H2. The van der Waals surface area contributed by atoms with E-state index in [2.05, 4.69) is 20.9 Å². The van der Waals surface area contributed by atoms with Gasteiger partial charge in [0.1, 0.15) is 0 Å². The van der Waals surface area contributed by atoms with Gasteiger partial charge in [-0.25, -0.2) is 4.98 Å². The third kappa shape index (κ3) is 4.21. The fourth-order valence-corrected chi connectivity index (χ4v) is 2.61. The first-order chi connectivity index (χ1) is 9.06. The quantitative estimate of drug-likeness (QED) is 0.547. The van der Waals surface area contributed by atoms with Gasteiger partial charge in [0, 0.05) is 16.2 Å². The van der Waals surface area contributed by atoms with E-state index >= 15 is 0 Å². The van der Waals surface area contributed by atoms with Gasteiger partial charge < -0.3 is 0 Å². The molecule has 0 radical (unpaired) electrons. The smallest absolute Gasteiger partial charge is 0.173 e. The second-order valence-electron chi connectivity index (χ2n) is 3.66. The van der Waals surface area contributed by atoms with Gasteiger partial charge in [-0.15, -0.1) is 0 Å². The molecule has 0 saturated heterocycles. The molecule has 0 amide bonds. The van der Waals surface area contributed by atoms with Crippen LogP contribution in [0, 0.1) is 0 Å². The van der Waals surface area contributed by atoms with Crippen molar-refractivity contribution in [1.29, 1.82) is 0 Å². The molecule has 0 saturated carbocycles. The van der Waals surface area contributed by atoms with Crippen LogP contribution in [0.25, 0.3) is 0 Å². The van der Waals surface area contributed by atoms with Crippen LogP contribution in [0.5, 0.6) is 0 Å². The summed E-state index contributed by atoms with van der Waals surface area (Å²) >= 11 is 16.4. The number of halogens is 3. The highest BCUT2D eigenvalue weighted by Gasteiger charge is 2.09. The minimum Gasteiger partial charge on any atom is -0.293 e. The number of carbonyl (C=O) groups is 1. The van der Waals surface area contributed by atoms with Gasteiger partial charge in [-0.05, 0) is 46.3 Å². The van der Waals surface area contributed by atoms with Crippen molar-refractivity contribution in [3.63, 3.8) is 0 Å². The largest absolute Gasteiger partial charge is 0.293 e. The maximum atomic E-state index is 12.0. The van der Waals surface area contributed by atoms with E-state index in [1.165, 1.54) is 11.8 Å². The number of rotatable bonds is 4. The summed E-state index contributed by atoms with van der Waals surface area (Å²) in [4.78, 5) is 16.2. The molecule has 0 fully saturated rings. The lowest BCUT2D eigenvalue weighted by molar-refractivity contribution is 0.102. The number of hydrogen-bond acceptors (Lipinski definition) is 3. The van der Waals surface area contributed by atoms with Gasteiger partial charge in [0.25, 0.3) is 0 Å². The lowest BCUT2D eigenvalue weighted by Gasteiger charge is -2.03. The van der Waals surface area contributed by atoms with Crippen molar-refractivity contribution in [2.45, 2.75) is 5.03 Å². The van der Waals surface area contributed by atoms with Gasteiger partial charge in [-0.1, -0.05) is 35.0 Å². The summed E-state index contributed by atoms with van der Waals surface area (Å²) in [5.41, 5.74) is 0.555. The Kier molecular flexibility index (Phi) is 5.28. The van der Waals surface area contributed by atoms with Crippen molar-refractivity contribution in [1.82, 2.24) is 4.98 Å². The summed E-state index contributed by atoms with van der Waals surface area (Å²) in [6, 6.07) is 8.63. The van der Waals surface area contributed by atoms with Gasteiger partial charge in [0.05, 0.1) is 20.8 Å². The molecule has 6 heteroatoms. The minimum absolute atomic E-state index is 0.00622. The monoisotopic (exact) mass is 375 g/mol. The molecule has 0 aliphatic rings. The molecule has 0 aliphatic heterocycles. The van der Waals surface area contributed by atoms with Crippen molar-refractivity contribution in [3.05, 3.63) is 56.6 Å². The Morgan fingerprint density at radius 2 is 2.00 bits per heavy atom. The second kappa shape index (κ2) is 6.75. The third-order valence-corrected chi connectivity index (χ3v) is 4.44. The van der Waals surface area contributed by atoms with Crippen LogP contribution in [0.15, 0.2) is 46.0 Å².